The van der Waals surface area contributed by atoms with Crippen LogP contribution in [0.3, 0.4) is 0 Å². The van der Waals surface area contributed by atoms with Crippen molar-refractivity contribution in [1.29, 1.82) is 0 Å². The Hall–Kier alpha value is -5.88. The molecule has 2 aliphatic rings. The molecule has 7 aromatic carbocycles. The van der Waals surface area contributed by atoms with Gasteiger partial charge in [-0.25, -0.2) is 9.97 Å². The molecule has 242 valence electrons. The van der Waals surface area contributed by atoms with Gasteiger partial charge in [-0.1, -0.05) is 111 Å². The third kappa shape index (κ3) is 3.20. The van der Waals surface area contributed by atoms with E-state index in [2.05, 4.69) is 146 Å². The number of hydrogen-bond acceptors (Lipinski definition) is 4. The molecule has 5 heteroatoms. The third-order valence-corrected chi connectivity index (χ3v) is 14.2. The zero-order valence-corrected chi connectivity index (χ0v) is 29.9. The number of nitrogens with zero attached hydrogens (tertiary/aromatic N) is 3. The van der Waals surface area contributed by atoms with Crippen LogP contribution in [0.15, 0.2) is 127 Å². The van der Waals surface area contributed by atoms with Crippen molar-refractivity contribution in [3.05, 3.63) is 139 Å². The lowest BCUT2D eigenvalue weighted by Gasteiger charge is -2.21. The van der Waals surface area contributed by atoms with Crippen LogP contribution in [-0.2, 0) is 5.41 Å². The van der Waals surface area contributed by atoms with Crippen molar-refractivity contribution in [1.82, 2.24) is 14.5 Å². The minimum Gasteiger partial charge on any atom is -0.292 e. The molecule has 0 radical (unpaired) electrons. The van der Waals surface area contributed by atoms with Gasteiger partial charge in [0, 0.05) is 52.0 Å². The van der Waals surface area contributed by atoms with Gasteiger partial charge in [-0.3, -0.25) is 4.57 Å². The Balaban J connectivity index is 1.23. The van der Waals surface area contributed by atoms with E-state index in [-0.39, 0.29) is 5.41 Å². The monoisotopic (exact) mass is 697 g/mol. The average molecular weight is 698 g/mol. The van der Waals surface area contributed by atoms with Crippen molar-refractivity contribution < 1.29 is 0 Å². The molecule has 4 aromatic heterocycles. The normalized spacial score (nSPS) is 14.1. The number of thiophene rings is 2. The molecule has 0 fully saturated rings. The van der Waals surface area contributed by atoms with Crippen molar-refractivity contribution >= 4 is 95.7 Å². The van der Waals surface area contributed by atoms with Gasteiger partial charge in [-0.05, 0) is 74.5 Å². The highest BCUT2D eigenvalue weighted by molar-refractivity contribution is 7.26. The molecule has 0 atom stereocenters. The standard InChI is InChI=1S/C47H27N3S2/c1-47(2)30-16-5-3-11-27(30)38-29(15-8-17-31(38)47)45-48-43-28-12-4-6-18-34(28)52-44(43)46(49-45)50-32-21-20-24-10-7-13-25-26-14-9-19-35-39(26)42-36(51-35)23-22-33(50)41(42)40(32)37(24)25/h3-23H,1-2H3. The highest BCUT2D eigenvalue weighted by Gasteiger charge is 2.37. The Morgan fingerprint density at radius 1 is 0.500 bits per heavy atom. The summed E-state index contributed by atoms with van der Waals surface area (Å²) in [6.07, 6.45) is 0. The van der Waals surface area contributed by atoms with Crippen molar-refractivity contribution in [2.45, 2.75) is 19.3 Å². The summed E-state index contributed by atoms with van der Waals surface area (Å²) < 4.78 is 7.46. The van der Waals surface area contributed by atoms with Crippen LogP contribution >= 0.6 is 22.7 Å². The highest BCUT2D eigenvalue weighted by atomic mass is 32.1. The maximum absolute atomic E-state index is 5.69. The van der Waals surface area contributed by atoms with Gasteiger partial charge >= 0.3 is 0 Å². The van der Waals surface area contributed by atoms with Gasteiger partial charge in [0.1, 0.15) is 0 Å². The fourth-order valence-electron chi connectivity index (χ4n) is 9.74. The summed E-state index contributed by atoms with van der Waals surface area (Å²) in [6.45, 7) is 4.68. The molecule has 0 unspecified atom stereocenters. The van der Waals surface area contributed by atoms with E-state index in [0.717, 1.165) is 27.4 Å². The van der Waals surface area contributed by atoms with Crippen LogP contribution in [0, 0.1) is 0 Å². The first-order valence-corrected chi connectivity index (χ1v) is 19.5. The van der Waals surface area contributed by atoms with E-state index in [1.165, 1.54) is 96.2 Å². The van der Waals surface area contributed by atoms with Crippen LogP contribution < -0.4 is 0 Å². The van der Waals surface area contributed by atoms with Crippen LogP contribution in [0.1, 0.15) is 25.0 Å². The lowest BCUT2D eigenvalue weighted by atomic mass is 9.82. The summed E-state index contributed by atoms with van der Waals surface area (Å²) in [5, 5.41) is 9.14. The van der Waals surface area contributed by atoms with E-state index in [1.807, 2.05) is 11.3 Å². The van der Waals surface area contributed by atoms with E-state index in [1.54, 1.807) is 11.3 Å². The molecule has 52 heavy (non-hydrogen) atoms. The van der Waals surface area contributed by atoms with Crippen LogP contribution in [0.25, 0.3) is 113 Å². The fourth-order valence-corrected chi connectivity index (χ4v) is 12.0. The molecule has 0 amide bonds. The molecule has 0 saturated carbocycles. The van der Waals surface area contributed by atoms with E-state index >= 15 is 0 Å². The second-order valence-corrected chi connectivity index (χ2v) is 17.0. The molecule has 0 aliphatic heterocycles. The van der Waals surface area contributed by atoms with E-state index in [9.17, 15) is 0 Å². The second kappa shape index (κ2) is 9.31. The topological polar surface area (TPSA) is 30.7 Å². The SMILES string of the molecule is CC1(C)c2ccccc2-c2c(-c3nc(-n4c5ccc6cccc7c6c5c5c6c(ccc54)sc4cccc-7c46)c4sc5ccccc5c4n3)cccc21. The fraction of sp³-hybridized carbons (Fsp3) is 0.0638. The smallest absolute Gasteiger partial charge is 0.162 e. The maximum atomic E-state index is 5.69. The maximum Gasteiger partial charge on any atom is 0.162 e. The quantitative estimate of drug-likeness (QED) is 0.180. The molecule has 3 nitrogen and oxygen atoms in total. The van der Waals surface area contributed by atoms with Crippen LogP contribution in [0.5, 0.6) is 0 Å². The first-order valence-electron chi connectivity index (χ1n) is 17.8. The van der Waals surface area contributed by atoms with Crippen LogP contribution in [-0.4, -0.2) is 14.5 Å². The molecule has 0 bridgehead atoms. The summed E-state index contributed by atoms with van der Waals surface area (Å²) in [4.78, 5) is 11.2. The lowest BCUT2D eigenvalue weighted by molar-refractivity contribution is 0.660. The number of aromatic nitrogens is 3. The molecular formula is C47H27N3S2. The Morgan fingerprint density at radius 2 is 1.17 bits per heavy atom. The van der Waals surface area contributed by atoms with Crippen molar-refractivity contribution in [2.24, 2.45) is 0 Å². The Morgan fingerprint density at radius 3 is 2.10 bits per heavy atom. The van der Waals surface area contributed by atoms with Gasteiger partial charge < -0.3 is 0 Å². The largest absolute Gasteiger partial charge is 0.292 e. The Kier molecular flexibility index (Phi) is 4.98. The minimum atomic E-state index is -0.114. The molecular weight excluding hydrogens is 671 g/mol. The van der Waals surface area contributed by atoms with Gasteiger partial charge in [-0.2, -0.15) is 0 Å². The lowest BCUT2D eigenvalue weighted by Crippen LogP contribution is -2.14. The number of rotatable bonds is 2. The van der Waals surface area contributed by atoms with Gasteiger partial charge in [0.2, 0.25) is 0 Å². The van der Waals surface area contributed by atoms with Crippen molar-refractivity contribution in [3.8, 4) is 39.5 Å². The third-order valence-electron chi connectivity index (χ3n) is 11.9. The summed E-state index contributed by atoms with van der Waals surface area (Å²) in [6, 6.07) is 47.2. The van der Waals surface area contributed by atoms with Crippen molar-refractivity contribution in [3.63, 3.8) is 0 Å². The zero-order chi connectivity index (χ0) is 34.0. The zero-order valence-electron chi connectivity index (χ0n) is 28.3. The van der Waals surface area contributed by atoms with Crippen LogP contribution in [0.4, 0.5) is 0 Å². The molecule has 4 heterocycles. The molecule has 0 saturated heterocycles. The molecule has 2 aliphatic carbocycles. The van der Waals surface area contributed by atoms with Crippen LogP contribution in [0.2, 0.25) is 0 Å². The highest BCUT2D eigenvalue weighted by Crippen LogP contribution is 2.54. The average Bonchev–Trinajstić information content (AvgIpc) is 3.88. The number of hydrogen-bond donors (Lipinski definition) is 0. The summed E-state index contributed by atoms with van der Waals surface area (Å²) >= 11 is 3.70. The summed E-state index contributed by atoms with van der Waals surface area (Å²) in [5.74, 6) is 1.71. The second-order valence-electron chi connectivity index (χ2n) is 14.9. The van der Waals surface area contributed by atoms with E-state index in [0.29, 0.717) is 0 Å². The van der Waals surface area contributed by atoms with E-state index < -0.39 is 0 Å². The Bertz CT molecular complexity index is 3450. The molecule has 13 rings (SSSR count). The number of benzene rings is 7. The van der Waals surface area contributed by atoms with Gasteiger partial charge in [0.15, 0.2) is 11.6 Å². The summed E-state index contributed by atoms with van der Waals surface area (Å²) in [5.41, 5.74) is 12.2. The molecule has 11 aromatic rings. The van der Waals surface area contributed by atoms with Gasteiger partial charge in [-0.15, -0.1) is 22.7 Å². The van der Waals surface area contributed by atoms with Gasteiger partial charge in [0.25, 0.3) is 0 Å². The Labute approximate surface area is 306 Å². The predicted molar refractivity (Wildman–Crippen MR) is 222 cm³/mol. The summed E-state index contributed by atoms with van der Waals surface area (Å²) in [7, 11) is 0. The minimum absolute atomic E-state index is 0.114. The first-order chi connectivity index (χ1) is 25.6. The van der Waals surface area contributed by atoms with Gasteiger partial charge in [0.05, 0.1) is 21.3 Å². The first kappa shape index (κ1) is 27.8. The van der Waals surface area contributed by atoms with E-state index in [4.69, 9.17) is 9.97 Å². The molecule has 0 N–H and O–H groups in total. The molecule has 0 spiro atoms. The van der Waals surface area contributed by atoms with Crippen molar-refractivity contribution in [2.75, 3.05) is 0 Å². The number of fused-ring (bicyclic) bond motifs is 7. The predicted octanol–water partition coefficient (Wildman–Crippen LogP) is 13.4.